The largest absolute Gasteiger partial charge is 1.00 e. The molecule has 2 unspecified atom stereocenters. The summed E-state index contributed by atoms with van der Waals surface area (Å²) in [6.45, 7) is 8.30. The Morgan fingerprint density at radius 2 is 2.00 bits per heavy atom. The molecule has 3 N–H and O–H groups in total. The Balaban J connectivity index is 0. The van der Waals surface area contributed by atoms with Crippen LogP contribution in [-0.2, 0) is 4.79 Å². The average molecular weight is 369 g/mol. The van der Waals surface area contributed by atoms with E-state index in [1.54, 1.807) is 6.08 Å². The van der Waals surface area contributed by atoms with Crippen LogP contribution in [0.25, 0.3) is 0 Å². The Kier molecular flexibility index (Phi) is 20.7. The number of unbranched alkanes of at least 4 members (excludes halogenated alkanes) is 1. The van der Waals surface area contributed by atoms with Gasteiger partial charge in [0.15, 0.2) is 0 Å². The van der Waals surface area contributed by atoms with Crippen LogP contribution >= 0.6 is 0 Å². The van der Waals surface area contributed by atoms with Crippen molar-refractivity contribution in [3.05, 3.63) is 12.7 Å². The maximum absolute atomic E-state index is 10.6. The third kappa shape index (κ3) is 17.5. The smallest absolute Gasteiger partial charge is 0.550 e. The van der Waals surface area contributed by atoms with Gasteiger partial charge in [0.05, 0.1) is 12.2 Å². The van der Waals surface area contributed by atoms with Gasteiger partial charge in [-0.2, -0.15) is 0 Å². The van der Waals surface area contributed by atoms with Crippen LogP contribution in [0.2, 0.25) is 0 Å². The number of rotatable bonds is 16. The first-order chi connectivity index (χ1) is 11.0. The summed E-state index contributed by atoms with van der Waals surface area (Å²) in [7, 11) is 0. The maximum atomic E-state index is 10.6. The van der Waals surface area contributed by atoms with Crippen LogP contribution in [0, 0.1) is 0 Å². The van der Waals surface area contributed by atoms with Crippen LogP contribution in [-0.4, -0.2) is 66.0 Å². The minimum absolute atomic E-state index is 0. The van der Waals surface area contributed by atoms with Crippen LogP contribution in [0.3, 0.4) is 0 Å². The van der Waals surface area contributed by atoms with Crippen molar-refractivity contribution in [2.75, 3.05) is 32.7 Å². The van der Waals surface area contributed by atoms with Gasteiger partial charge in [0.2, 0.25) is 0 Å². The Bertz CT molecular complexity index is 319. The van der Waals surface area contributed by atoms with Gasteiger partial charge in [-0.1, -0.05) is 25.8 Å². The maximum Gasteiger partial charge on any atom is 1.00 e. The van der Waals surface area contributed by atoms with E-state index in [0.29, 0.717) is 39.1 Å². The quantitative estimate of drug-likeness (QED) is 0.152. The monoisotopic (exact) mass is 368 g/mol. The number of nitrogens with one attached hydrogen (secondary N) is 1. The Morgan fingerprint density at radius 3 is 2.58 bits per heavy atom. The molecule has 136 valence electrons. The van der Waals surface area contributed by atoms with Gasteiger partial charge >= 0.3 is 51.4 Å². The molecule has 0 aromatic rings. The topological polar surface area (TPSA) is 95.9 Å². The molecule has 0 spiro atoms. The molecule has 7 heteroatoms. The molecular formula is C17H33KN2O4. The number of hydrogen-bond donors (Lipinski definition) is 3. The van der Waals surface area contributed by atoms with Crippen molar-refractivity contribution in [2.45, 2.75) is 57.7 Å². The average Bonchev–Trinajstić information content (AvgIpc) is 2.52. The molecule has 0 aliphatic rings. The summed E-state index contributed by atoms with van der Waals surface area (Å²) in [6, 6.07) is 0. The zero-order valence-electron chi connectivity index (χ0n) is 15.4. The van der Waals surface area contributed by atoms with Crippen molar-refractivity contribution in [3.8, 4) is 0 Å². The van der Waals surface area contributed by atoms with E-state index in [1.807, 2.05) is 4.90 Å². The number of aliphatic hydroxyl groups excluding tert-OH is 2. The molecule has 0 aromatic carbocycles. The molecule has 6 nitrogen and oxygen atoms in total. The fourth-order valence-electron chi connectivity index (χ4n) is 2.29. The first-order valence-electron chi connectivity index (χ1n) is 8.59. The summed E-state index contributed by atoms with van der Waals surface area (Å²) in [6.07, 6.45) is 5.09. The van der Waals surface area contributed by atoms with Crippen LogP contribution < -0.4 is 61.8 Å². The van der Waals surface area contributed by atoms with E-state index in [9.17, 15) is 20.1 Å². The first-order valence-corrected chi connectivity index (χ1v) is 8.59. The number of carbonyl (C=O) groups is 1. The van der Waals surface area contributed by atoms with Crippen LogP contribution in [0.15, 0.2) is 12.7 Å². The number of carboxylic acids is 1. The Morgan fingerprint density at radius 1 is 1.29 bits per heavy atom. The predicted molar refractivity (Wildman–Crippen MR) is 89.9 cm³/mol. The second-order valence-electron chi connectivity index (χ2n) is 5.94. The third-order valence-electron chi connectivity index (χ3n) is 3.68. The molecule has 0 radical (unpaired) electrons. The number of nitrogens with zero attached hydrogens (tertiary/aromatic N) is 1. The van der Waals surface area contributed by atoms with E-state index >= 15 is 0 Å². The van der Waals surface area contributed by atoms with Crippen molar-refractivity contribution in [3.63, 3.8) is 0 Å². The van der Waals surface area contributed by atoms with Gasteiger partial charge in [-0.25, -0.2) is 0 Å². The minimum atomic E-state index is -1.08. The van der Waals surface area contributed by atoms with Crippen molar-refractivity contribution in [2.24, 2.45) is 0 Å². The molecule has 0 aliphatic carbocycles. The second-order valence-corrected chi connectivity index (χ2v) is 5.94. The number of aliphatic hydroxyl groups is 2. The van der Waals surface area contributed by atoms with Gasteiger partial charge in [-0.15, -0.1) is 6.58 Å². The second kappa shape index (κ2) is 18.5. The Hall–Kier alpha value is 0.686. The molecule has 24 heavy (non-hydrogen) atoms. The summed E-state index contributed by atoms with van der Waals surface area (Å²) in [5.41, 5.74) is 0. The van der Waals surface area contributed by atoms with Crippen molar-refractivity contribution >= 4 is 5.97 Å². The number of carboxylic acid groups (broad SMARTS) is 1. The first kappa shape index (κ1) is 26.9. The molecule has 0 saturated heterocycles. The number of hydrogen-bond acceptors (Lipinski definition) is 6. The van der Waals surface area contributed by atoms with Gasteiger partial charge in [0.1, 0.15) is 0 Å². The molecule has 0 rings (SSSR count). The van der Waals surface area contributed by atoms with Gasteiger partial charge in [-0.05, 0) is 25.7 Å². The molecule has 2 atom stereocenters. The molecule has 0 aromatic heterocycles. The number of aliphatic carboxylic acids is 1. The van der Waals surface area contributed by atoms with E-state index in [1.165, 1.54) is 0 Å². The van der Waals surface area contributed by atoms with Crippen LogP contribution in [0.4, 0.5) is 0 Å². The van der Waals surface area contributed by atoms with E-state index in [4.69, 9.17) is 0 Å². The fraction of sp³-hybridized carbons (Fsp3) is 0.824. The standard InChI is InChI=1S/C17H34N2O4.K/c1-3-5-7-15(20)13-18-10-12-19(11-9-17(22)23)14-16(21)8-6-4-2;/h4,15-16,18,20-21H,2-3,5-14H2,1H3,(H,22,23);/q;+1/p-1. The molecule has 0 amide bonds. The summed E-state index contributed by atoms with van der Waals surface area (Å²) in [4.78, 5) is 12.5. The van der Waals surface area contributed by atoms with E-state index < -0.39 is 12.1 Å². The fourth-order valence-corrected chi connectivity index (χ4v) is 2.29. The molecular weight excluding hydrogens is 335 g/mol. The number of carbonyl (C=O) groups excluding carboxylic acids is 1. The predicted octanol–water partition coefficient (Wildman–Crippen LogP) is -3.10. The summed E-state index contributed by atoms with van der Waals surface area (Å²) < 4.78 is 0. The van der Waals surface area contributed by atoms with Gasteiger partial charge in [0.25, 0.3) is 0 Å². The zero-order valence-corrected chi connectivity index (χ0v) is 18.5. The van der Waals surface area contributed by atoms with Gasteiger partial charge < -0.3 is 25.4 Å². The van der Waals surface area contributed by atoms with Crippen molar-refractivity contribution in [1.82, 2.24) is 10.2 Å². The summed E-state index contributed by atoms with van der Waals surface area (Å²) in [5.74, 6) is -1.08. The van der Waals surface area contributed by atoms with E-state index in [-0.39, 0.29) is 63.9 Å². The van der Waals surface area contributed by atoms with E-state index in [2.05, 4.69) is 18.8 Å². The summed E-state index contributed by atoms with van der Waals surface area (Å²) in [5, 5.41) is 33.5. The van der Waals surface area contributed by atoms with E-state index in [0.717, 1.165) is 25.7 Å². The molecule has 0 aliphatic heterocycles. The number of allylic oxidation sites excluding steroid dienone is 1. The van der Waals surface area contributed by atoms with Crippen LogP contribution in [0.1, 0.15) is 45.4 Å². The molecule has 0 fully saturated rings. The minimum Gasteiger partial charge on any atom is -0.550 e. The van der Waals surface area contributed by atoms with Gasteiger partial charge in [-0.3, -0.25) is 4.90 Å². The van der Waals surface area contributed by atoms with Crippen molar-refractivity contribution < 1.29 is 71.5 Å². The molecule has 0 bridgehead atoms. The Labute approximate surface area is 189 Å². The zero-order chi connectivity index (χ0) is 17.5. The molecule has 0 heterocycles. The normalized spacial score (nSPS) is 13.3. The molecule has 0 saturated carbocycles. The van der Waals surface area contributed by atoms with Crippen LogP contribution in [0.5, 0.6) is 0 Å². The SMILES string of the molecule is C=CCCC(O)CN(CCNCC(O)CCCC)CCC(=O)[O-].[K+]. The third-order valence-corrected chi connectivity index (χ3v) is 3.68. The van der Waals surface area contributed by atoms with Gasteiger partial charge in [0, 0.05) is 38.7 Å². The summed E-state index contributed by atoms with van der Waals surface area (Å²) >= 11 is 0. The van der Waals surface area contributed by atoms with Crippen molar-refractivity contribution in [1.29, 1.82) is 0 Å².